The number of amides is 1. The first-order valence-corrected chi connectivity index (χ1v) is 12.4. The van der Waals surface area contributed by atoms with Crippen molar-refractivity contribution in [3.8, 4) is 0 Å². The Morgan fingerprint density at radius 3 is 2.83 bits per heavy atom. The van der Waals surface area contributed by atoms with Gasteiger partial charge in [0.25, 0.3) is 5.22 Å². The fraction of sp³-hybridized carbons (Fsp3) is 0.579. The predicted octanol–water partition coefficient (Wildman–Crippen LogP) is 2.39. The number of rotatable bonds is 7. The van der Waals surface area contributed by atoms with E-state index in [1.807, 2.05) is 0 Å². The van der Waals surface area contributed by atoms with E-state index in [9.17, 15) is 13.2 Å². The van der Waals surface area contributed by atoms with E-state index in [0.29, 0.717) is 36.0 Å². The minimum atomic E-state index is -3.52. The van der Waals surface area contributed by atoms with Crippen LogP contribution in [-0.4, -0.2) is 61.7 Å². The molecule has 29 heavy (non-hydrogen) atoms. The molecule has 0 saturated carbocycles. The molecule has 2 aromatic rings. The largest absolute Gasteiger partial charge is 0.431 e. The maximum atomic E-state index is 12.8. The topological polar surface area (TPSA) is 102 Å². The minimum absolute atomic E-state index is 0.105. The van der Waals surface area contributed by atoms with E-state index in [4.69, 9.17) is 9.15 Å². The number of oxazole rings is 1. The molecule has 0 spiro atoms. The van der Waals surface area contributed by atoms with E-state index >= 15 is 0 Å². The van der Waals surface area contributed by atoms with Gasteiger partial charge in [-0.05, 0) is 43.9 Å². The Balaban J connectivity index is 1.38. The molecule has 0 bridgehead atoms. The van der Waals surface area contributed by atoms with Gasteiger partial charge < -0.3 is 14.5 Å². The van der Waals surface area contributed by atoms with Gasteiger partial charge in [-0.2, -0.15) is 4.31 Å². The maximum absolute atomic E-state index is 12.8. The zero-order valence-electron chi connectivity index (χ0n) is 16.1. The van der Waals surface area contributed by atoms with E-state index in [1.165, 1.54) is 16.1 Å². The molecule has 1 atom stereocenters. The molecule has 2 aliphatic rings. The quantitative estimate of drug-likeness (QED) is 0.661. The van der Waals surface area contributed by atoms with Gasteiger partial charge >= 0.3 is 0 Å². The lowest BCUT2D eigenvalue weighted by Gasteiger charge is -2.25. The van der Waals surface area contributed by atoms with Crippen LogP contribution in [0, 0.1) is 0 Å². The number of ether oxygens (including phenoxy) is 1. The molecule has 1 aromatic heterocycles. The monoisotopic (exact) mass is 439 g/mol. The number of aromatic nitrogens is 1. The highest BCUT2D eigenvalue weighted by atomic mass is 32.2. The molecule has 2 fully saturated rings. The highest BCUT2D eigenvalue weighted by molar-refractivity contribution is 7.99. The number of sulfonamides is 1. The van der Waals surface area contributed by atoms with E-state index in [1.54, 1.807) is 18.2 Å². The Labute approximate surface area is 174 Å². The molecular formula is C19H25N3O5S2. The molecule has 0 unspecified atom stereocenters. The molecule has 10 heteroatoms. The summed E-state index contributed by atoms with van der Waals surface area (Å²) in [6.45, 7) is 2.39. The first kappa shape index (κ1) is 20.6. The van der Waals surface area contributed by atoms with E-state index in [-0.39, 0.29) is 22.7 Å². The van der Waals surface area contributed by atoms with Crippen molar-refractivity contribution in [3.63, 3.8) is 0 Å². The summed E-state index contributed by atoms with van der Waals surface area (Å²) in [5, 5.41) is 3.20. The number of piperidine rings is 1. The Bertz CT molecular complexity index is 963. The van der Waals surface area contributed by atoms with Crippen molar-refractivity contribution in [2.75, 3.05) is 32.0 Å². The number of nitrogens with one attached hydrogen (secondary N) is 1. The van der Waals surface area contributed by atoms with Gasteiger partial charge in [0.2, 0.25) is 15.9 Å². The number of fused-ring (bicyclic) bond motifs is 1. The van der Waals surface area contributed by atoms with Crippen LogP contribution in [0.25, 0.3) is 11.1 Å². The Morgan fingerprint density at radius 1 is 1.24 bits per heavy atom. The summed E-state index contributed by atoms with van der Waals surface area (Å²) >= 11 is 1.19. The van der Waals surface area contributed by atoms with Crippen molar-refractivity contribution in [1.82, 2.24) is 14.6 Å². The number of nitrogens with zero attached hydrogens (tertiary/aromatic N) is 2. The second-order valence-corrected chi connectivity index (χ2v) is 10.2. The van der Waals surface area contributed by atoms with Gasteiger partial charge in [0, 0.05) is 26.2 Å². The lowest BCUT2D eigenvalue weighted by molar-refractivity contribution is -0.119. The summed E-state index contributed by atoms with van der Waals surface area (Å²) in [5.74, 6) is 0.0690. The molecule has 158 valence electrons. The van der Waals surface area contributed by atoms with Crippen molar-refractivity contribution in [2.45, 2.75) is 48.3 Å². The number of hydrogen-bond donors (Lipinski definition) is 1. The Hall–Kier alpha value is -1.62. The van der Waals surface area contributed by atoms with Gasteiger partial charge in [-0.15, -0.1) is 0 Å². The third kappa shape index (κ3) is 4.93. The molecule has 0 radical (unpaired) electrons. The lowest BCUT2D eigenvalue weighted by atomic mass is 10.2. The van der Waals surface area contributed by atoms with Gasteiger partial charge in [-0.1, -0.05) is 18.2 Å². The normalized spacial score (nSPS) is 20.9. The van der Waals surface area contributed by atoms with Gasteiger partial charge in [-0.3, -0.25) is 4.79 Å². The lowest BCUT2D eigenvalue weighted by Crippen LogP contribution is -2.35. The smallest absolute Gasteiger partial charge is 0.257 e. The van der Waals surface area contributed by atoms with Crippen molar-refractivity contribution in [1.29, 1.82) is 0 Å². The molecule has 1 amide bonds. The molecular weight excluding hydrogens is 414 g/mol. The highest BCUT2D eigenvalue weighted by Crippen LogP contribution is 2.27. The molecule has 2 aliphatic heterocycles. The van der Waals surface area contributed by atoms with Crippen LogP contribution in [0.5, 0.6) is 0 Å². The van der Waals surface area contributed by atoms with Gasteiger partial charge in [0.15, 0.2) is 5.58 Å². The Morgan fingerprint density at radius 2 is 2.07 bits per heavy atom. The van der Waals surface area contributed by atoms with Crippen LogP contribution in [-0.2, 0) is 19.6 Å². The molecule has 1 aromatic carbocycles. The molecule has 3 heterocycles. The van der Waals surface area contributed by atoms with E-state index < -0.39 is 10.0 Å². The third-order valence-corrected chi connectivity index (χ3v) is 7.89. The third-order valence-electron chi connectivity index (χ3n) is 5.17. The number of carbonyl (C=O) groups excluding carboxylic acids is 1. The average molecular weight is 440 g/mol. The number of carbonyl (C=O) groups is 1. The SMILES string of the molecule is O=C(CSc1nc2cc(S(=O)(=O)N3CCCCC3)ccc2o1)NC[C@@H]1CCCO1. The van der Waals surface area contributed by atoms with Crippen LogP contribution < -0.4 is 5.32 Å². The van der Waals surface area contributed by atoms with Crippen molar-refractivity contribution in [2.24, 2.45) is 0 Å². The van der Waals surface area contributed by atoms with Crippen molar-refractivity contribution in [3.05, 3.63) is 18.2 Å². The number of hydrogen-bond acceptors (Lipinski definition) is 7. The second kappa shape index (κ2) is 9.03. The summed E-state index contributed by atoms with van der Waals surface area (Å²) in [7, 11) is -3.52. The van der Waals surface area contributed by atoms with E-state index in [0.717, 1.165) is 38.7 Å². The van der Waals surface area contributed by atoms with Crippen LogP contribution in [0.15, 0.2) is 32.7 Å². The number of thioether (sulfide) groups is 1. The Kier molecular flexibility index (Phi) is 6.43. The molecule has 2 saturated heterocycles. The van der Waals surface area contributed by atoms with E-state index in [2.05, 4.69) is 10.3 Å². The molecule has 0 aliphatic carbocycles. The van der Waals surface area contributed by atoms with Crippen LogP contribution in [0.2, 0.25) is 0 Å². The average Bonchev–Trinajstić information content (AvgIpc) is 3.40. The highest BCUT2D eigenvalue weighted by Gasteiger charge is 2.26. The minimum Gasteiger partial charge on any atom is -0.431 e. The molecule has 4 rings (SSSR count). The predicted molar refractivity (Wildman–Crippen MR) is 109 cm³/mol. The summed E-state index contributed by atoms with van der Waals surface area (Å²) in [6, 6.07) is 4.73. The van der Waals surface area contributed by atoms with Crippen molar-refractivity contribution >= 4 is 38.8 Å². The summed E-state index contributed by atoms with van der Waals surface area (Å²) in [4.78, 5) is 16.6. The van der Waals surface area contributed by atoms with Crippen LogP contribution >= 0.6 is 11.8 Å². The summed E-state index contributed by atoms with van der Waals surface area (Å²) in [5.41, 5.74) is 0.982. The van der Waals surface area contributed by atoms with Crippen LogP contribution in [0.3, 0.4) is 0 Å². The fourth-order valence-corrected chi connectivity index (χ4v) is 5.78. The van der Waals surface area contributed by atoms with Crippen LogP contribution in [0.1, 0.15) is 32.1 Å². The second-order valence-electron chi connectivity index (χ2n) is 7.30. The number of benzene rings is 1. The fourth-order valence-electron chi connectivity index (χ4n) is 3.57. The molecule has 8 nitrogen and oxygen atoms in total. The zero-order valence-corrected chi connectivity index (χ0v) is 17.8. The standard InChI is InChI=1S/C19H25N3O5S2/c23-18(20-12-14-5-4-10-26-14)13-28-19-21-16-11-15(6-7-17(16)27-19)29(24,25)22-8-2-1-3-9-22/h6-7,11,14H,1-5,8-10,12-13H2,(H,20,23)/t14-/m0/s1. The van der Waals surface area contributed by atoms with Crippen molar-refractivity contribution < 1.29 is 22.4 Å². The van der Waals surface area contributed by atoms with Gasteiger partial charge in [0.1, 0.15) is 5.52 Å². The van der Waals surface area contributed by atoms with Gasteiger partial charge in [-0.25, -0.2) is 13.4 Å². The van der Waals surface area contributed by atoms with Gasteiger partial charge in [0.05, 0.1) is 16.8 Å². The molecule has 1 N–H and O–H groups in total. The van der Waals surface area contributed by atoms with Crippen LogP contribution in [0.4, 0.5) is 0 Å². The zero-order chi connectivity index (χ0) is 20.3. The first-order valence-electron chi connectivity index (χ1n) is 9.94. The maximum Gasteiger partial charge on any atom is 0.257 e. The first-order chi connectivity index (χ1) is 14.0. The summed E-state index contributed by atoms with van der Waals surface area (Å²) in [6.07, 6.45) is 4.96. The summed E-state index contributed by atoms with van der Waals surface area (Å²) < 4.78 is 38.3.